The Balaban J connectivity index is 2.07. The molecule has 1 aromatic heterocycles. The molecule has 0 radical (unpaired) electrons. The first-order chi connectivity index (χ1) is 15.4. The number of amides is 2. The van der Waals surface area contributed by atoms with Crippen LogP contribution < -0.4 is 10.6 Å². The number of para-hydroxylation sites is 1. The Morgan fingerprint density at radius 1 is 1.06 bits per heavy atom. The van der Waals surface area contributed by atoms with Crippen molar-refractivity contribution in [3.63, 3.8) is 0 Å². The number of nitrogens with one attached hydrogen (secondary N) is 3. The third-order valence-electron chi connectivity index (χ3n) is 4.89. The van der Waals surface area contributed by atoms with Gasteiger partial charge in [-0.1, -0.05) is 32.0 Å². The number of alkyl carbamates (subject to hydrolysis) is 1. The van der Waals surface area contributed by atoms with Crippen molar-refractivity contribution < 1.29 is 23.9 Å². The number of hydrogen-bond donors (Lipinski definition) is 3. The Morgan fingerprint density at radius 3 is 2.33 bits per heavy atom. The smallest absolute Gasteiger partial charge is 0.408 e. The van der Waals surface area contributed by atoms with Crippen LogP contribution in [0.25, 0.3) is 10.9 Å². The first-order valence-corrected chi connectivity index (χ1v) is 11.4. The van der Waals surface area contributed by atoms with Gasteiger partial charge < -0.3 is 25.1 Å². The molecule has 2 amide bonds. The van der Waals surface area contributed by atoms with E-state index >= 15 is 0 Å². The lowest BCUT2D eigenvalue weighted by atomic mass is 10.0. The molecule has 0 aliphatic heterocycles. The molecule has 3 N–H and O–H groups in total. The number of carbonyl (C=O) groups excluding carboxylic acids is 3. The van der Waals surface area contributed by atoms with E-state index in [1.807, 2.05) is 52.0 Å². The van der Waals surface area contributed by atoms with E-state index in [1.165, 1.54) is 0 Å². The molecule has 0 fully saturated rings. The fraction of sp³-hybridized carbons (Fsp3) is 0.560. The predicted octanol–water partition coefficient (Wildman–Crippen LogP) is 3.87. The van der Waals surface area contributed by atoms with Gasteiger partial charge in [-0.15, -0.1) is 0 Å². The third kappa shape index (κ3) is 8.11. The Bertz CT molecular complexity index is 972. The lowest BCUT2D eigenvalue weighted by Crippen LogP contribution is -2.51. The van der Waals surface area contributed by atoms with E-state index in [0.717, 1.165) is 22.2 Å². The summed E-state index contributed by atoms with van der Waals surface area (Å²) < 4.78 is 10.6. The molecule has 2 rings (SSSR count). The van der Waals surface area contributed by atoms with Crippen molar-refractivity contribution in [3.05, 3.63) is 35.5 Å². The Hall–Kier alpha value is -3.03. The van der Waals surface area contributed by atoms with Gasteiger partial charge in [-0.05, 0) is 58.6 Å². The minimum atomic E-state index is -0.719. The number of H-pyrrole nitrogens is 1. The molecule has 0 saturated carbocycles. The lowest BCUT2D eigenvalue weighted by Gasteiger charge is -2.25. The molecule has 1 unspecified atom stereocenters. The van der Waals surface area contributed by atoms with Crippen LogP contribution >= 0.6 is 0 Å². The zero-order valence-electron chi connectivity index (χ0n) is 20.7. The van der Waals surface area contributed by atoms with E-state index in [9.17, 15) is 14.4 Å². The topological polar surface area (TPSA) is 110 Å². The van der Waals surface area contributed by atoms with Gasteiger partial charge in [-0.3, -0.25) is 9.59 Å². The van der Waals surface area contributed by atoms with Gasteiger partial charge in [0.1, 0.15) is 11.6 Å². The maximum atomic E-state index is 12.8. The van der Waals surface area contributed by atoms with Crippen LogP contribution in [0, 0.1) is 5.92 Å². The van der Waals surface area contributed by atoms with Gasteiger partial charge in [0.2, 0.25) is 5.91 Å². The SMILES string of the molecule is CC(C)OC(=O)Cc1[nH]c2ccccc2c1CCNC(=O)C(NC(=O)OC(C)(C)C)C(C)C. The van der Waals surface area contributed by atoms with Crippen molar-refractivity contribution in [2.24, 2.45) is 5.92 Å². The molecule has 0 saturated heterocycles. The number of esters is 1. The summed E-state index contributed by atoms with van der Waals surface area (Å²) in [6.45, 7) is 13.0. The molecule has 8 nitrogen and oxygen atoms in total. The number of benzene rings is 1. The zero-order chi connectivity index (χ0) is 24.8. The number of fused-ring (bicyclic) bond motifs is 1. The molecule has 33 heavy (non-hydrogen) atoms. The molecule has 0 bridgehead atoms. The van der Waals surface area contributed by atoms with Crippen LogP contribution in [0.4, 0.5) is 4.79 Å². The summed E-state index contributed by atoms with van der Waals surface area (Å²) in [5.41, 5.74) is 2.03. The Labute approximate surface area is 195 Å². The fourth-order valence-electron chi connectivity index (χ4n) is 3.53. The monoisotopic (exact) mass is 459 g/mol. The van der Waals surface area contributed by atoms with Crippen LogP contribution in [-0.4, -0.2) is 47.2 Å². The number of hydrogen-bond acceptors (Lipinski definition) is 5. The number of ether oxygens (including phenoxy) is 2. The van der Waals surface area contributed by atoms with Crippen LogP contribution in [-0.2, 0) is 31.9 Å². The number of aromatic nitrogens is 1. The van der Waals surface area contributed by atoms with E-state index in [-0.39, 0.29) is 30.3 Å². The molecule has 0 spiro atoms. The molecule has 1 atom stereocenters. The normalized spacial score (nSPS) is 12.6. The summed E-state index contributed by atoms with van der Waals surface area (Å²) >= 11 is 0. The third-order valence-corrected chi connectivity index (χ3v) is 4.89. The predicted molar refractivity (Wildman–Crippen MR) is 128 cm³/mol. The molecule has 2 aromatic rings. The van der Waals surface area contributed by atoms with Crippen molar-refractivity contribution >= 4 is 28.9 Å². The van der Waals surface area contributed by atoms with E-state index in [4.69, 9.17) is 9.47 Å². The summed E-state index contributed by atoms with van der Waals surface area (Å²) in [6, 6.07) is 7.09. The number of rotatable bonds is 9. The molecule has 0 aliphatic carbocycles. The summed E-state index contributed by atoms with van der Waals surface area (Å²) in [7, 11) is 0. The highest BCUT2D eigenvalue weighted by Crippen LogP contribution is 2.23. The summed E-state index contributed by atoms with van der Waals surface area (Å²) in [5.74, 6) is -0.702. The van der Waals surface area contributed by atoms with E-state index < -0.39 is 17.7 Å². The average molecular weight is 460 g/mol. The molecular weight excluding hydrogens is 422 g/mol. The highest BCUT2D eigenvalue weighted by molar-refractivity contribution is 5.87. The second-order valence-corrected chi connectivity index (χ2v) is 9.75. The van der Waals surface area contributed by atoms with Gasteiger partial charge >= 0.3 is 12.1 Å². The standard InChI is InChI=1S/C25H37N3O5/c1-15(2)22(28-24(31)33-25(5,6)7)23(30)26-13-12-18-17-10-8-9-11-19(17)27-20(18)14-21(29)32-16(3)4/h8-11,15-16,22,27H,12-14H2,1-7H3,(H,26,30)(H,28,31). The minimum absolute atomic E-state index is 0.119. The Morgan fingerprint density at radius 2 is 1.73 bits per heavy atom. The second kappa shape index (κ2) is 11.2. The van der Waals surface area contributed by atoms with Gasteiger partial charge in [0.15, 0.2) is 0 Å². The van der Waals surface area contributed by atoms with E-state index in [2.05, 4.69) is 15.6 Å². The minimum Gasteiger partial charge on any atom is -0.463 e. The molecule has 0 aliphatic rings. The van der Waals surface area contributed by atoms with Crippen LogP contribution in [0.15, 0.2) is 24.3 Å². The van der Waals surface area contributed by atoms with Crippen molar-refractivity contribution in [1.82, 2.24) is 15.6 Å². The van der Waals surface area contributed by atoms with Crippen molar-refractivity contribution in [2.75, 3.05) is 6.54 Å². The maximum absolute atomic E-state index is 12.8. The average Bonchev–Trinajstić information content (AvgIpc) is 3.00. The molecule has 8 heteroatoms. The van der Waals surface area contributed by atoms with Gasteiger partial charge in [0.05, 0.1) is 12.5 Å². The molecule has 1 aromatic carbocycles. The molecule has 1 heterocycles. The largest absolute Gasteiger partial charge is 0.463 e. The first-order valence-electron chi connectivity index (χ1n) is 11.4. The first kappa shape index (κ1) is 26.2. The van der Waals surface area contributed by atoms with Gasteiger partial charge in [-0.25, -0.2) is 4.79 Å². The highest BCUT2D eigenvalue weighted by Gasteiger charge is 2.27. The van der Waals surface area contributed by atoms with Gasteiger partial charge in [0.25, 0.3) is 0 Å². The van der Waals surface area contributed by atoms with Crippen molar-refractivity contribution in [1.29, 1.82) is 0 Å². The molecular formula is C25H37N3O5. The van der Waals surface area contributed by atoms with Crippen molar-refractivity contribution in [3.8, 4) is 0 Å². The molecule has 182 valence electrons. The summed E-state index contributed by atoms with van der Waals surface area (Å²) in [5, 5.41) is 6.58. The fourth-order valence-corrected chi connectivity index (χ4v) is 3.53. The zero-order valence-corrected chi connectivity index (χ0v) is 20.7. The van der Waals surface area contributed by atoms with Gasteiger partial charge in [-0.2, -0.15) is 0 Å². The second-order valence-electron chi connectivity index (χ2n) is 9.75. The summed E-state index contributed by atoms with van der Waals surface area (Å²) in [6.07, 6.45) is -0.156. The number of carbonyl (C=O) groups is 3. The quantitative estimate of drug-likeness (QED) is 0.493. The highest BCUT2D eigenvalue weighted by atomic mass is 16.6. The lowest BCUT2D eigenvalue weighted by molar-refractivity contribution is -0.146. The Kier molecular flexibility index (Phi) is 8.91. The van der Waals surface area contributed by atoms with Crippen molar-refractivity contribution in [2.45, 2.75) is 79.1 Å². The van der Waals surface area contributed by atoms with Crippen LogP contribution in [0.3, 0.4) is 0 Å². The van der Waals surface area contributed by atoms with Crippen LogP contribution in [0.2, 0.25) is 0 Å². The van der Waals surface area contributed by atoms with Gasteiger partial charge in [0, 0.05) is 23.1 Å². The van der Waals surface area contributed by atoms with Crippen LogP contribution in [0.1, 0.15) is 59.7 Å². The number of aromatic amines is 1. The summed E-state index contributed by atoms with van der Waals surface area (Å²) in [4.78, 5) is 40.5. The van der Waals surface area contributed by atoms with Crippen LogP contribution in [0.5, 0.6) is 0 Å². The van der Waals surface area contributed by atoms with E-state index in [1.54, 1.807) is 20.8 Å². The maximum Gasteiger partial charge on any atom is 0.408 e. The van der Waals surface area contributed by atoms with E-state index in [0.29, 0.717) is 13.0 Å².